The van der Waals surface area contributed by atoms with Gasteiger partial charge in [-0.15, -0.1) is 0 Å². The molecule has 0 aromatic rings. The molecule has 0 aliphatic heterocycles. The van der Waals surface area contributed by atoms with Crippen LogP contribution in [-0.2, 0) is 52.3 Å². The molecule has 0 fully saturated rings. The van der Waals surface area contributed by atoms with E-state index in [1.54, 1.807) is 0 Å². The first-order valence-corrected chi connectivity index (χ1v) is 30.1. The molecule has 0 saturated heterocycles. The second-order valence-electron chi connectivity index (χ2n) is 20.1. The standard InChI is InChI=1S/C59H115NO12/c1-6-11-16-17-18-27-38-60(39-45-65-47-49-67-51-52-68-50-48-66-46-40-61)59(64)56(70-42-29-20-26-35-58(63)72-44-37-55(32-23-14-9-4)33-24-15-10-5)53-69-41-28-19-25-34-57(62)71-43-36-54(30-21-12-7-2)31-22-13-8-3/h54-56,61H,6-53H2,1-5H3. The Morgan fingerprint density at radius 2 is 0.778 bits per heavy atom. The number of unbranched alkanes of at least 4 members (excludes halogenated alkanes) is 17. The summed E-state index contributed by atoms with van der Waals surface area (Å²) in [5.74, 6) is 0.953. The van der Waals surface area contributed by atoms with Crippen LogP contribution in [0.4, 0.5) is 0 Å². The third-order valence-corrected chi connectivity index (χ3v) is 13.5. The van der Waals surface area contributed by atoms with Gasteiger partial charge >= 0.3 is 11.9 Å². The molecular formula is C59H115NO12. The monoisotopic (exact) mass is 1030 g/mol. The number of carbonyl (C=O) groups excluding carboxylic acids is 3. The Morgan fingerprint density at radius 3 is 1.25 bits per heavy atom. The fourth-order valence-electron chi connectivity index (χ4n) is 8.85. The van der Waals surface area contributed by atoms with E-state index < -0.39 is 6.10 Å². The van der Waals surface area contributed by atoms with Crippen molar-refractivity contribution in [3.8, 4) is 0 Å². The third kappa shape index (κ3) is 47.8. The molecular weight excluding hydrogens is 915 g/mol. The maximum atomic E-state index is 14.3. The molecule has 0 bridgehead atoms. The molecule has 0 aromatic heterocycles. The number of nitrogens with zero attached hydrogens (tertiary/aromatic N) is 1. The van der Waals surface area contributed by atoms with Gasteiger partial charge in [-0.05, 0) is 56.8 Å². The smallest absolute Gasteiger partial charge is 0.305 e. The van der Waals surface area contributed by atoms with Gasteiger partial charge in [-0.1, -0.05) is 182 Å². The van der Waals surface area contributed by atoms with Crippen molar-refractivity contribution in [1.29, 1.82) is 0 Å². The molecule has 13 nitrogen and oxygen atoms in total. The van der Waals surface area contributed by atoms with E-state index in [-0.39, 0.29) is 31.1 Å². The van der Waals surface area contributed by atoms with Gasteiger partial charge in [-0.3, -0.25) is 14.4 Å². The molecule has 1 N–H and O–H groups in total. The first kappa shape index (κ1) is 70.1. The highest BCUT2D eigenvalue weighted by Gasteiger charge is 2.25. The number of rotatable bonds is 59. The van der Waals surface area contributed by atoms with Crippen LogP contribution in [0, 0.1) is 11.8 Å². The van der Waals surface area contributed by atoms with E-state index in [0.29, 0.717) is 117 Å². The first-order chi connectivity index (χ1) is 35.4. The van der Waals surface area contributed by atoms with E-state index in [9.17, 15) is 14.4 Å². The average Bonchev–Trinajstić information content (AvgIpc) is 3.37. The zero-order valence-electron chi connectivity index (χ0n) is 47.6. The van der Waals surface area contributed by atoms with Crippen LogP contribution in [0.15, 0.2) is 0 Å². The molecule has 0 radical (unpaired) electrons. The highest BCUT2D eigenvalue weighted by atomic mass is 16.6. The van der Waals surface area contributed by atoms with E-state index in [1.807, 2.05) is 4.90 Å². The Labute approximate surface area is 442 Å². The van der Waals surface area contributed by atoms with Crippen molar-refractivity contribution < 1.29 is 57.4 Å². The number of aliphatic hydroxyl groups excluding tert-OH is 1. The molecule has 0 spiro atoms. The summed E-state index contributed by atoms with van der Waals surface area (Å²) in [5.41, 5.74) is 0. The lowest BCUT2D eigenvalue weighted by atomic mass is 9.92. The fourth-order valence-corrected chi connectivity index (χ4v) is 8.85. The van der Waals surface area contributed by atoms with E-state index in [1.165, 1.54) is 122 Å². The first-order valence-electron chi connectivity index (χ1n) is 30.1. The molecule has 0 saturated carbocycles. The van der Waals surface area contributed by atoms with Crippen molar-refractivity contribution in [3.63, 3.8) is 0 Å². The van der Waals surface area contributed by atoms with Crippen LogP contribution in [0.5, 0.6) is 0 Å². The summed E-state index contributed by atoms with van der Waals surface area (Å²) in [6.07, 6.45) is 33.2. The normalized spacial score (nSPS) is 12.1. The van der Waals surface area contributed by atoms with E-state index in [0.717, 1.165) is 70.6 Å². The molecule has 0 rings (SSSR count). The predicted molar refractivity (Wildman–Crippen MR) is 293 cm³/mol. The number of hydrogen-bond donors (Lipinski definition) is 1. The van der Waals surface area contributed by atoms with E-state index >= 15 is 0 Å². The highest BCUT2D eigenvalue weighted by Crippen LogP contribution is 2.23. The second kappa shape index (κ2) is 56.8. The summed E-state index contributed by atoms with van der Waals surface area (Å²) < 4.78 is 46.1. The highest BCUT2D eigenvalue weighted by molar-refractivity contribution is 5.81. The molecule has 428 valence electrons. The number of hydrogen-bond acceptors (Lipinski definition) is 12. The van der Waals surface area contributed by atoms with Gasteiger partial charge in [-0.25, -0.2) is 0 Å². The van der Waals surface area contributed by atoms with Crippen LogP contribution in [0.2, 0.25) is 0 Å². The number of ether oxygens (including phenoxy) is 8. The minimum Gasteiger partial charge on any atom is -0.466 e. The second-order valence-corrected chi connectivity index (χ2v) is 20.1. The van der Waals surface area contributed by atoms with Crippen molar-refractivity contribution >= 4 is 17.8 Å². The predicted octanol–water partition coefficient (Wildman–Crippen LogP) is 13.2. The lowest BCUT2D eigenvalue weighted by Crippen LogP contribution is -2.45. The molecule has 1 amide bonds. The Hall–Kier alpha value is -1.87. The Kier molecular flexibility index (Phi) is 55.4. The minimum absolute atomic E-state index is 0.000367. The summed E-state index contributed by atoms with van der Waals surface area (Å²) in [6, 6.07) is 0. The maximum absolute atomic E-state index is 14.3. The van der Waals surface area contributed by atoms with Crippen LogP contribution in [0.25, 0.3) is 0 Å². The van der Waals surface area contributed by atoms with Crippen molar-refractivity contribution in [3.05, 3.63) is 0 Å². The molecule has 72 heavy (non-hydrogen) atoms. The van der Waals surface area contributed by atoms with Crippen molar-refractivity contribution in [1.82, 2.24) is 4.90 Å². The fraction of sp³-hybridized carbons (Fsp3) is 0.949. The van der Waals surface area contributed by atoms with Gasteiger partial charge in [0.1, 0.15) is 0 Å². The molecule has 0 aliphatic carbocycles. The minimum atomic E-state index is -0.752. The maximum Gasteiger partial charge on any atom is 0.305 e. The average molecular weight is 1030 g/mol. The van der Waals surface area contributed by atoms with Gasteiger partial charge in [0.2, 0.25) is 0 Å². The largest absolute Gasteiger partial charge is 0.466 e. The lowest BCUT2D eigenvalue weighted by Gasteiger charge is -2.28. The van der Waals surface area contributed by atoms with Crippen LogP contribution >= 0.6 is 0 Å². The molecule has 0 aromatic carbocycles. The summed E-state index contributed by atoms with van der Waals surface area (Å²) >= 11 is 0. The van der Waals surface area contributed by atoms with Gasteiger partial charge in [0.25, 0.3) is 5.91 Å². The summed E-state index contributed by atoms with van der Waals surface area (Å²) in [5, 5.41) is 8.80. The summed E-state index contributed by atoms with van der Waals surface area (Å²) in [4.78, 5) is 41.4. The topological polar surface area (TPSA) is 149 Å². The Bertz CT molecular complexity index is 1130. The Morgan fingerprint density at radius 1 is 0.375 bits per heavy atom. The Balaban J connectivity index is 5.22. The van der Waals surface area contributed by atoms with Crippen molar-refractivity contribution in [2.24, 2.45) is 11.8 Å². The molecule has 1 atom stereocenters. The molecule has 0 heterocycles. The number of aliphatic hydroxyl groups is 1. The number of esters is 2. The van der Waals surface area contributed by atoms with Crippen molar-refractivity contribution in [2.45, 2.75) is 246 Å². The van der Waals surface area contributed by atoms with Gasteiger partial charge in [0.05, 0.1) is 79.3 Å². The van der Waals surface area contributed by atoms with E-state index in [2.05, 4.69) is 34.6 Å². The lowest BCUT2D eigenvalue weighted by molar-refractivity contribution is -0.149. The van der Waals surface area contributed by atoms with Gasteiger partial charge in [0.15, 0.2) is 6.10 Å². The van der Waals surface area contributed by atoms with E-state index in [4.69, 9.17) is 43.0 Å². The van der Waals surface area contributed by atoms with Crippen LogP contribution in [0.1, 0.15) is 240 Å². The van der Waals surface area contributed by atoms with Crippen LogP contribution in [0.3, 0.4) is 0 Å². The molecule has 1 unspecified atom stereocenters. The zero-order chi connectivity index (χ0) is 52.6. The van der Waals surface area contributed by atoms with Crippen LogP contribution in [-0.4, -0.2) is 140 Å². The van der Waals surface area contributed by atoms with Crippen LogP contribution < -0.4 is 0 Å². The number of amides is 1. The molecule has 0 aliphatic rings. The SMILES string of the molecule is CCCCCCCCN(CCOCCOCCOCCOCCO)C(=O)C(COCCCCCC(=O)OCCC(CCCCC)CCCCC)OCCCCCC(=O)OCCC(CCCCC)CCCCC. The van der Waals surface area contributed by atoms with Gasteiger partial charge < -0.3 is 47.9 Å². The third-order valence-electron chi connectivity index (χ3n) is 13.5. The van der Waals surface area contributed by atoms with Gasteiger partial charge in [-0.2, -0.15) is 0 Å². The number of carbonyl (C=O) groups is 3. The molecule has 13 heteroatoms. The van der Waals surface area contributed by atoms with Crippen molar-refractivity contribution in [2.75, 3.05) is 106 Å². The summed E-state index contributed by atoms with van der Waals surface area (Å²) in [7, 11) is 0. The zero-order valence-corrected chi connectivity index (χ0v) is 47.6. The summed E-state index contributed by atoms with van der Waals surface area (Å²) in [6.45, 7) is 17.6. The van der Waals surface area contributed by atoms with Gasteiger partial charge in [0, 0.05) is 39.1 Å². The quantitative estimate of drug-likeness (QED) is 0.0456.